The molecule has 0 aromatic heterocycles. The van der Waals surface area contributed by atoms with Gasteiger partial charge in [-0.3, -0.25) is 0 Å². The Balaban J connectivity index is 3.14. The van der Waals surface area contributed by atoms with Crippen LogP contribution < -0.4 is 0 Å². The third-order valence-electron chi connectivity index (χ3n) is 5.43. The molecule has 0 aromatic carbocycles. The molecule has 0 unspecified atom stereocenters. The van der Waals surface area contributed by atoms with Crippen LogP contribution in [-0.2, 0) is 61.6 Å². The van der Waals surface area contributed by atoms with Crippen LogP contribution in [-0.4, -0.2) is 189 Å². The number of hydrogen-bond acceptors (Lipinski definition) is 14. The highest BCUT2D eigenvalue weighted by Gasteiger charge is 2.19. The van der Waals surface area contributed by atoms with Crippen molar-refractivity contribution in [3.63, 3.8) is 0 Å². The van der Waals surface area contributed by atoms with Crippen LogP contribution >= 0.6 is 0 Å². The summed E-state index contributed by atoms with van der Waals surface area (Å²) in [5.41, 5.74) is -0.510. The van der Waals surface area contributed by atoms with E-state index in [1.165, 1.54) is 4.90 Å². The highest BCUT2D eigenvalue weighted by Crippen LogP contribution is 2.08. The van der Waals surface area contributed by atoms with E-state index in [9.17, 15) is 4.79 Å². The van der Waals surface area contributed by atoms with Gasteiger partial charge in [-0.15, -0.1) is 0 Å². The summed E-state index contributed by atoms with van der Waals surface area (Å²) >= 11 is 0. The van der Waals surface area contributed by atoms with Gasteiger partial charge in [-0.1, -0.05) is 0 Å². The monoisotopic (exact) mass is 673 g/mol. The summed E-state index contributed by atoms with van der Waals surface area (Å²) < 4.78 is 70.1. The van der Waals surface area contributed by atoms with Crippen molar-refractivity contribution in [2.45, 2.75) is 26.4 Å². The fourth-order valence-corrected chi connectivity index (χ4v) is 3.08. The Morgan fingerprint density at radius 1 is 0.413 bits per heavy atom. The predicted molar refractivity (Wildman–Crippen MR) is 170 cm³/mol. The Bertz CT molecular complexity index is 627. The molecular formula is C31H63NO14. The lowest BCUT2D eigenvalue weighted by Gasteiger charge is -2.24. The van der Waals surface area contributed by atoms with Crippen molar-refractivity contribution in [2.75, 3.05) is 173 Å². The highest BCUT2D eigenvalue weighted by atomic mass is 16.6. The van der Waals surface area contributed by atoms with E-state index in [1.807, 2.05) is 20.8 Å². The SMILES string of the molecule is COCCOCCOCCOCCOCCOCCOCCOCCOCCOCCOCCOCCN(C)C(=O)OC(C)(C)C. The van der Waals surface area contributed by atoms with E-state index >= 15 is 0 Å². The maximum atomic E-state index is 11.8. The van der Waals surface area contributed by atoms with Gasteiger partial charge in [0.05, 0.1) is 152 Å². The van der Waals surface area contributed by atoms with E-state index in [-0.39, 0.29) is 6.09 Å². The quantitative estimate of drug-likeness (QED) is 0.0891. The van der Waals surface area contributed by atoms with Gasteiger partial charge in [-0.05, 0) is 20.8 Å². The van der Waals surface area contributed by atoms with E-state index in [4.69, 9.17) is 61.6 Å². The van der Waals surface area contributed by atoms with Crippen LogP contribution in [0.1, 0.15) is 20.8 Å². The minimum absolute atomic E-state index is 0.364. The topological polar surface area (TPSA) is 140 Å². The highest BCUT2D eigenvalue weighted by molar-refractivity contribution is 5.67. The molecular weight excluding hydrogens is 610 g/mol. The lowest BCUT2D eigenvalue weighted by Crippen LogP contribution is -2.36. The van der Waals surface area contributed by atoms with Crippen molar-refractivity contribution >= 4 is 6.09 Å². The van der Waals surface area contributed by atoms with Crippen molar-refractivity contribution in [2.24, 2.45) is 0 Å². The Labute approximate surface area is 276 Å². The molecule has 0 aliphatic rings. The molecule has 0 heterocycles. The second-order valence-corrected chi connectivity index (χ2v) is 10.6. The fourth-order valence-electron chi connectivity index (χ4n) is 3.08. The van der Waals surface area contributed by atoms with Gasteiger partial charge in [-0.25, -0.2) is 4.79 Å². The summed E-state index contributed by atoms with van der Waals surface area (Å²) in [6.07, 6.45) is -0.364. The Morgan fingerprint density at radius 2 is 0.630 bits per heavy atom. The second kappa shape index (κ2) is 35.1. The Hall–Kier alpha value is -1.21. The molecule has 0 rings (SSSR count). The van der Waals surface area contributed by atoms with Crippen LogP contribution in [0.4, 0.5) is 4.79 Å². The van der Waals surface area contributed by atoms with Crippen molar-refractivity contribution in [1.82, 2.24) is 4.90 Å². The molecule has 0 radical (unpaired) electrons. The maximum Gasteiger partial charge on any atom is 0.410 e. The molecule has 15 heteroatoms. The molecule has 0 aliphatic carbocycles. The average Bonchev–Trinajstić information content (AvgIpc) is 3.02. The molecule has 0 bridgehead atoms. The van der Waals surface area contributed by atoms with E-state index in [1.54, 1.807) is 14.2 Å². The number of ether oxygens (including phenoxy) is 13. The Kier molecular flexibility index (Phi) is 34.2. The summed E-state index contributed by atoms with van der Waals surface area (Å²) in [6.45, 7) is 17.6. The number of hydrogen-bond donors (Lipinski definition) is 0. The molecule has 276 valence electrons. The maximum absolute atomic E-state index is 11.8. The molecule has 0 saturated heterocycles. The number of nitrogens with zero attached hydrogens (tertiary/aromatic N) is 1. The normalized spacial score (nSPS) is 11.8. The minimum Gasteiger partial charge on any atom is -0.444 e. The lowest BCUT2D eigenvalue weighted by molar-refractivity contribution is -0.0282. The summed E-state index contributed by atoms with van der Waals surface area (Å²) in [7, 11) is 3.32. The predicted octanol–water partition coefficient (Wildman–Crippen LogP) is 1.68. The number of carbonyl (C=O) groups is 1. The first-order valence-electron chi connectivity index (χ1n) is 16.1. The van der Waals surface area contributed by atoms with Crippen LogP contribution in [0.25, 0.3) is 0 Å². The van der Waals surface area contributed by atoms with Crippen LogP contribution in [0.15, 0.2) is 0 Å². The molecule has 15 nitrogen and oxygen atoms in total. The van der Waals surface area contributed by atoms with E-state index in [0.29, 0.717) is 159 Å². The number of rotatable bonds is 36. The smallest absolute Gasteiger partial charge is 0.410 e. The zero-order chi connectivity index (χ0) is 33.8. The molecule has 0 aliphatic heterocycles. The number of amides is 1. The van der Waals surface area contributed by atoms with Crippen LogP contribution in [0.2, 0.25) is 0 Å². The van der Waals surface area contributed by atoms with Gasteiger partial charge in [0.25, 0.3) is 0 Å². The average molecular weight is 674 g/mol. The molecule has 0 fully saturated rings. The zero-order valence-corrected chi connectivity index (χ0v) is 29.1. The molecule has 0 aromatic rings. The van der Waals surface area contributed by atoms with Gasteiger partial charge < -0.3 is 66.5 Å². The summed E-state index contributed by atoms with van der Waals surface area (Å²) in [5, 5.41) is 0. The summed E-state index contributed by atoms with van der Waals surface area (Å²) in [4.78, 5) is 13.3. The van der Waals surface area contributed by atoms with Crippen LogP contribution in [0.3, 0.4) is 0 Å². The van der Waals surface area contributed by atoms with Crippen molar-refractivity contribution in [3.8, 4) is 0 Å². The van der Waals surface area contributed by atoms with E-state index in [0.717, 1.165) is 0 Å². The first kappa shape index (κ1) is 44.8. The standard InChI is InChI=1S/C31H63NO14/c1-31(2,3)46-30(33)32(4)6-7-35-10-11-37-14-15-39-18-19-41-22-23-43-26-27-45-29-28-44-25-24-42-21-20-40-17-16-38-13-12-36-9-8-34-5/h6-29H2,1-5H3. The van der Waals surface area contributed by atoms with Gasteiger partial charge in [-0.2, -0.15) is 0 Å². The molecule has 0 atom stereocenters. The first-order chi connectivity index (χ1) is 22.4. The van der Waals surface area contributed by atoms with Gasteiger partial charge in [0.1, 0.15) is 5.60 Å². The zero-order valence-electron chi connectivity index (χ0n) is 29.1. The molecule has 0 saturated carbocycles. The van der Waals surface area contributed by atoms with E-state index < -0.39 is 5.60 Å². The molecule has 0 spiro atoms. The largest absolute Gasteiger partial charge is 0.444 e. The molecule has 0 N–H and O–H groups in total. The first-order valence-corrected chi connectivity index (χ1v) is 16.1. The van der Waals surface area contributed by atoms with Crippen molar-refractivity contribution in [1.29, 1.82) is 0 Å². The molecule has 46 heavy (non-hydrogen) atoms. The van der Waals surface area contributed by atoms with Gasteiger partial charge in [0.2, 0.25) is 0 Å². The van der Waals surface area contributed by atoms with Gasteiger partial charge in [0.15, 0.2) is 0 Å². The van der Waals surface area contributed by atoms with Crippen LogP contribution in [0, 0.1) is 0 Å². The van der Waals surface area contributed by atoms with Crippen molar-refractivity contribution < 1.29 is 66.4 Å². The number of carbonyl (C=O) groups excluding carboxylic acids is 1. The van der Waals surface area contributed by atoms with E-state index in [2.05, 4.69) is 0 Å². The van der Waals surface area contributed by atoms with Crippen LogP contribution in [0.5, 0.6) is 0 Å². The third-order valence-corrected chi connectivity index (χ3v) is 5.43. The van der Waals surface area contributed by atoms with Crippen molar-refractivity contribution in [3.05, 3.63) is 0 Å². The number of methoxy groups -OCH3 is 1. The fraction of sp³-hybridized carbons (Fsp3) is 0.968. The summed E-state index contributed by atoms with van der Waals surface area (Å²) in [6, 6.07) is 0. The molecule has 1 amide bonds. The number of likely N-dealkylation sites (N-methyl/N-ethyl adjacent to an activating group) is 1. The van der Waals surface area contributed by atoms with Gasteiger partial charge in [0, 0.05) is 20.7 Å². The third kappa shape index (κ3) is 37.2. The lowest BCUT2D eigenvalue weighted by atomic mass is 10.2. The Morgan fingerprint density at radius 3 is 0.848 bits per heavy atom. The van der Waals surface area contributed by atoms with Gasteiger partial charge >= 0.3 is 6.09 Å². The minimum atomic E-state index is -0.510. The second-order valence-electron chi connectivity index (χ2n) is 10.6. The summed E-state index contributed by atoms with van der Waals surface area (Å²) in [5.74, 6) is 0.